The fraction of sp³-hybridized carbons (Fsp3) is 0.409. The lowest BCUT2D eigenvalue weighted by Crippen LogP contribution is -2.18. The molecule has 4 atom stereocenters. The zero-order valence-electron chi connectivity index (χ0n) is 16.6. The quantitative estimate of drug-likeness (QED) is 0.529. The molecule has 2 aliphatic rings. The van der Waals surface area contributed by atoms with Gasteiger partial charge in [0, 0.05) is 31.2 Å². The molecule has 1 heterocycles. The van der Waals surface area contributed by atoms with Gasteiger partial charge in [0.05, 0.1) is 24.0 Å². The summed E-state index contributed by atoms with van der Waals surface area (Å²) in [6.07, 6.45) is 10.1. The lowest BCUT2D eigenvalue weighted by molar-refractivity contribution is -0.0380. The monoisotopic (exact) mass is 406 g/mol. The maximum atomic E-state index is 12.8. The Kier molecular flexibility index (Phi) is 10.4. The molecule has 0 saturated carbocycles. The Morgan fingerprint density at radius 2 is 1.93 bits per heavy atom. The van der Waals surface area contributed by atoms with E-state index in [4.69, 9.17) is 10.5 Å². The van der Waals surface area contributed by atoms with Crippen LogP contribution in [0.2, 0.25) is 0 Å². The topological polar surface area (TPSA) is 88.1 Å². The molecule has 3 rings (SSSR count). The zero-order valence-corrected chi connectivity index (χ0v) is 16.6. The molecule has 1 fully saturated rings. The summed E-state index contributed by atoms with van der Waals surface area (Å²) >= 11 is 0. The first kappa shape index (κ1) is 24.7. The maximum absolute atomic E-state index is 12.8. The summed E-state index contributed by atoms with van der Waals surface area (Å²) < 4.78 is 30.9. The van der Waals surface area contributed by atoms with Crippen LogP contribution in [0.15, 0.2) is 52.4 Å². The third-order valence-electron chi connectivity index (χ3n) is 4.57. The number of allylic oxidation sites excluding steroid dienone is 1. The number of aliphatic imine (C=N–C) groups is 1. The number of aliphatic hydroxyl groups excluding tert-OH is 2. The summed E-state index contributed by atoms with van der Waals surface area (Å²) in [6.45, 7) is 3.80. The lowest BCUT2D eigenvalue weighted by atomic mass is 10.0. The number of ether oxygens (including phenoxy) is 1. The number of nitrogens with two attached hydrogens (primary N) is 1. The van der Waals surface area contributed by atoms with Gasteiger partial charge in [-0.2, -0.15) is 0 Å². The smallest absolute Gasteiger partial charge is 0.125 e. The molecule has 1 aliphatic carbocycles. The van der Waals surface area contributed by atoms with Gasteiger partial charge in [0.2, 0.25) is 0 Å². The van der Waals surface area contributed by atoms with Gasteiger partial charge in [0.15, 0.2) is 0 Å². The highest BCUT2D eigenvalue weighted by Gasteiger charge is 2.35. The molecular formula is C22H28F2N2O3. The van der Waals surface area contributed by atoms with Crippen molar-refractivity contribution in [3.05, 3.63) is 58.8 Å². The van der Waals surface area contributed by atoms with Crippen molar-refractivity contribution < 1.29 is 23.7 Å². The van der Waals surface area contributed by atoms with E-state index >= 15 is 0 Å². The Bertz CT molecular complexity index is 747. The minimum absolute atomic E-state index is 0.215. The van der Waals surface area contributed by atoms with Crippen molar-refractivity contribution in [1.82, 2.24) is 0 Å². The first-order chi connectivity index (χ1) is 13.9. The summed E-state index contributed by atoms with van der Waals surface area (Å²) in [6, 6.07) is 5.65. The van der Waals surface area contributed by atoms with E-state index in [1.165, 1.54) is 30.3 Å². The van der Waals surface area contributed by atoms with Gasteiger partial charge in [-0.3, -0.25) is 4.99 Å². The van der Waals surface area contributed by atoms with Gasteiger partial charge in [-0.25, -0.2) is 8.78 Å². The lowest BCUT2D eigenvalue weighted by Gasteiger charge is -2.18. The Labute approximate surface area is 170 Å². The van der Waals surface area contributed by atoms with Crippen LogP contribution in [0.4, 0.5) is 8.78 Å². The predicted molar refractivity (Wildman–Crippen MR) is 110 cm³/mol. The average Bonchev–Trinajstić information content (AvgIpc) is 3.25. The third-order valence-corrected chi connectivity index (χ3v) is 4.57. The minimum Gasteiger partial charge on any atom is -0.390 e. The predicted octanol–water partition coefficient (Wildman–Crippen LogP) is 3.19. The molecule has 1 aliphatic heterocycles. The molecule has 1 aromatic carbocycles. The number of halogens is 2. The van der Waals surface area contributed by atoms with Crippen molar-refractivity contribution in [3.63, 3.8) is 0 Å². The number of rotatable bonds is 4. The summed E-state index contributed by atoms with van der Waals surface area (Å²) in [5, 5.41) is 19.5. The molecule has 158 valence electrons. The fourth-order valence-corrected chi connectivity index (χ4v) is 3.00. The molecule has 0 bridgehead atoms. The van der Waals surface area contributed by atoms with Crippen molar-refractivity contribution in [2.45, 2.75) is 51.1 Å². The van der Waals surface area contributed by atoms with Crippen molar-refractivity contribution in [3.8, 4) is 12.8 Å². The molecule has 29 heavy (non-hydrogen) atoms. The largest absolute Gasteiger partial charge is 0.390 e. The van der Waals surface area contributed by atoms with E-state index in [9.17, 15) is 19.0 Å². The van der Waals surface area contributed by atoms with Crippen LogP contribution < -0.4 is 5.73 Å². The van der Waals surface area contributed by atoms with Crippen LogP contribution in [0.3, 0.4) is 0 Å². The highest BCUT2D eigenvalue weighted by atomic mass is 19.1. The van der Waals surface area contributed by atoms with E-state index in [2.05, 4.69) is 17.8 Å². The molecular weight excluding hydrogens is 378 g/mol. The molecule has 4 N–H and O–H groups in total. The summed E-state index contributed by atoms with van der Waals surface area (Å²) in [5.74, 6) is -0.551. The van der Waals surface area contributed by atoms with Gasteiger partial charge < -0.3 is 20.7 Å². The molecule has 1 aromatic rings. The first-order valence-electron chi connectivity index (χ1n) is 9.24. The van der Waals surface area contributed by atoms with Crippen LogP contribution in [-0.2, 0) is 4.74 Å². The molecule has 5 nitrogen and oxygen atoms in total. The van der Waals surface area contributed by atoms with Crippen molar-refractivity contribution in [1.29, 1.82) is 0 Å². The molecule has 0 aromatic heterocycles. The van der Waals surface area contributed by atoms with Crippen LogP contribution in [0.1, 0.15) is 38.4 Å². The second kappa shape index (κ2) is 12.2. The van der Waals surface area contributed by atoms with Gasteiger partial charge in [0.25, 0.3) is 0 Å². The summed E-state index contributed by atoms with van der Waals surface area (Å²) in [7, 11) is 0. The number of hydrogen-bond acceptors (Lipinski definition) is 5. The number of hydrogen-bond donors (Lipinski definition) is 3. The Balaban J connectivity index is 0.000000284. The average molecular weight is 406 g/mol. The fourth-order valence-electron chi connectivity index (χ4n) is 3.00. The van der Waals surface area contributed by atoms with Gasteiger partial charge >= 0.3 is 0 Å². The van der Waals surface area contributed by atoms with Crippen molar-refractivity contribution >= 4 is 6.21 Å². The highest BCUT2D eigenvalue weighted by molar-refractivity contribution is 5.57. The number of nitrogens with zero attached hydrogens (tertiary/aromatic N) is 1. The summed E-state index contributed by atoms with van der Waals surface area (Å²) in [4.78, 5) is 4.01. The van der Waals surface area contributed by atoms with Gasteiger partial charge in [0.1, 0.15) is 17.7 Å². The third kappa shape index (κ3) is 6.87. The van der Waals surface area contributed by atoms with Gasteiger partial charge in [-0.1, -0.05) is 12.1 Å². The second-order valence-electron chi connectivity index (χ2n) is 6.45. The second-order valence-corrected chi connectivity index (χ2v) is 6.45. The molecule has 0 amide bonds. The molecule has 1 saturated heterocycles. The standard InChI is InChI=1S/C12H15FO3.C8H11FN2.C2H2/c1-7-10(14)6-11(16-7)12(15)8-2-4-9(13)5-3-8;1-2-11-8-4-3-7(9)6(8)5-10;1-2/h2-5,7,10-12,14-15H,6H2,1H3;2-3H,4-5,10H2,1H3;1-2H/t7-,10+,11-,12+;;/m0../s1. The highest BCUT2D eigenvalue weighted by Crippen LogP contribution is 2.30. The normalized spacial score (nSPS) is 24.4. The van der Waals surface area contributed by atoms with E-state index in [1.54, 1.807) is 20.1 Å². The molecule has 0 radical (unpaired) electrons. The van der Waals surface area contributed by atoms with Gasteiger partial charge in [-0.15, -0.1) is 12.8 Å². The van der Waals surface area contributed by atoms with Crippen molar-refractivity contribution in [2.24, 2.45) is 10.7 Å². The number of aliphatic hydroxyl groups is 2. The molecule has 0 unspecified atom stereocenters. The number of benzene rings is 1. The Morgan fingerprint density at radius 1 is 1.31 bits per heavy atom. The van der Waals surface area contributed by atoms with E-state index < -0.39 is 18.3 Å². The maximum Gasteiger partial charge on any atom is 0.125 e. The van der Waals surface area contributed by atoms with E-state index in [0.717, 1.165) is 5.70 Å². The molecule has 7 heteroatoms. The minimum atomic E-state index is -0.819. The van der Waals surface area contributed by atoms with Gasteiger partial charge in [-0.05, 0) is 37.6 Å². The van der Waals surface area contributed by atoms with Crippen molar-refractivity contribution in [2.75, 3.05) is 6.54 Å². The van der Waals surface area contributed by atoms with E-state index in [0.29, 0.717) is 24.0 Å². The molecule has 0 spiro atoms. The Morgan fingerprint density at radius 3 is 2.41 bits per heavy atom. The SMILES string of the molecule is C#C.CC=NC1=C(CN)C(F)=CC1.C[C@@H]1O[C@H]([C@H](O)c2ccc(F)cc2)C[C@H]1O. The zero-order chi connectivity index (χ0) is 22.0. The van der Waals surface area contributed by atoms with E-state index in [-0.39, 0.29) is 24.3 Å². The number of terminal acetylenes is 1. The van der Waals surface area contributed by atoms with Crippen LogP contribution in [-0.4, -0.2) is 41.3 Å². The summed E-state index contributed by atoms with van der Waals surface area (Å²) in [5.41, 5.74) is 7.24. The van der Waals surface area contributed by atoms with Crippen LogP contribution in [0, 0.1) is 18.7 Å². The van der Waals surface area contributed by atoms with E-state index in [1.807, 2.05) is 0 Å². The Hall–Kier alpha value is -2.37. The van der Waals surface area contributed by atoms with Crippen LogP contribution >= 0.6 is 0 Å². The van der Waals surface area contributed by atoms with Crippen LogP contribution in [0.25, 0.3) is 0 Å². The first-order valence-corrected chi connectivity index (χ1v) is 9.24. The van der Waals surface area contributed by atoms with Crippen LogP contribution in [0.5, 0.6) is 0 Å².